The molecule has 0 spiro atoms. The van der Waals surface area contributed by atoms with E-state index in [1.165, 1.54) is 19.1 Å². The summed E-state index contributed by atoms with van der Waals surface area (Å²) in [6, 6.07) is 9.35. The van der Waals surface area contributed by atoms with Crippen LogP contribution in [0.2, 0.25) is 0 Å². The fourth-order valence-corrected chi connectivity index (χ4v) is 2.56. The van der Waals surface area contributed by atoms with Crippen LogP contribution in [0, 0.1) is 0 Å². The number of aromatic nitrogens is 1. The number of rotatable bonds is 4. The zero-order valence-corrected chi connectivity index (χ0v) is 13.8. The van der Waals surface area contributed by atoms with Gasteiger partial charge in [0.15, 0.2) is 18.0 Å². The van der Waals surface area contributed by atoms with E-state index in [1.807, 2.05) is 37.3 Å². The Kier molecular flexibility index (Phi) is 4.79. The van der Waals surface area contributed by atoms with E-state index in [1.54, 1.807) is 12.2 Å². The van der Waals surface area contributed by atoms with Gasteiger partial charge < -0.3 is 13.9 Å². The van der Waals surface area contributed by atoms with Gasteiger partial charge in [0.1, 0.15) is 5.69 Å². The molecular weight excluding hydrogens is 322 g/mol. The lowest BCUT2D eigenvalue weighted by molar-refractivity contribution is -0.163. The molecule has 0 fully saturated rings. The summed E-state index contributed by atoms with van der Waals surface area (Å²) in [4.78, 5) is 27.6. The average molecular weight is 339 g/mol. The van der Waals surface area contributed by atoms with Gasteiger partial charge in [-0.3, -0.25) is 4.79 Å². The second kappa shape index (κ2) is 7.17. The predicted octanol–water partition coefficient (Wildman–Crippen LogP) is 3.46. The minimum absolute atomic E-state index is 0.378. The maximum atomic E-state index is 11.7. The Hall–Kier alpha value is -3.15. The maximum Gasteiger partial charge on any atom is 0.331 e. The number of ether oxygens (including phenoxy) is 2. The zero-order chi connectivity index (χ0) is 17.8. The SMILES string of the molecule is C/C=C\c1nc([C@H]2OC(=O)C=C[C@@H]2OC(C)=O)c(-c2ccccc2)o1. The number of hydrogen-bond donors (Lipinski definition) is 0. The quantitative estimate of drug-likeness (QED) is 0.794. The first kappa shape index (κ1) is 16.7. The standard InChI is InChI=1S/C19H17NO5/c1-3-7-15-20-17(18(24-15)13-8-5-4-6-9-13)19-14(23-12(2)21)10-11-16(22)25-19/h3-11,14,19H,1-2H3/b7-3-/t14-,19-/m0/s1. The Morgan fingerprint density at radius 2 is 2.04 bits per heavy atom. The molecule has 0 saturated heterocycles. The van der Waals surface area contributed by atoms with E-state index in [-0.39, 0.29) is 0 Å². The summed E-state index contributed by atoms with van der Waals surface area (Å²) >= 11 is 0. The number of carbonyl (C=O) groups excluding carboxylic acids is 2. The number of allylic oxidation sites excluding steroid dienone is 1. The summed E-state index contributed by atoms with van der Waals surface area (Å²) in [5, 5.41) is 0. The monoisotopic (exact) mass is 339 g/mol. The number of carbonyl (C=O) groups is 2. The number of cyclic esters (lactones) is 1. The van der Waals surface area contributed by atoms with Crippen molar-refractivity contribution < 1.29 is 23.5 Å². The average Bonchev–Trinajstić information content (AvgIpc) is 3.01. The Morgan fingerprint density at radius 3 is 2.72 bits per heavy atom. The highest BCUT2D eigenvalue weighted by Crippen LogP contribution is 2.35. The topological polar surface area (TPSA) is 78.6 Å². The van der Waals surface area contributed by atoms with Crippen molar-refractivity contribution in [2.45, 2.75) is 26.1 Å². The lowest BCUT2D eigenvalue weighted by Gasteiger charge is -2.25. The van der Waals surface area contributed by atoms with Crippen LogP contribution in [-0.2, 0) is 19.1 Å². The van der Waals surface area contributed by atoms with Crippen molar-refractivity contribution in [2.75, 3.05) is 0 Å². The highest BCUT2D eigenvalue weighted by molar-refractivity contribution is 5.83. The second-order valence-corrected chi connectivity index (χ2v) is 5.42. The van der Waals surface area contributed by atoms with Crippen molar-refractivity contribution in [1.82, 2.24) is 4.98 Å². The van der Waals surface area contributed by atoms with Crippen LogP contribution in [0.1, 0.15) is 31.5 Å². The molecule has 1 aromatic carbocycles. The van der Waals surface area contributed by atoms with Crippen molar-refractivity contribution in [3.8, 4) is 11.3 Å². The predicted molar refractivity (Wildman–Crippen MR) is 90.2 cm³/mol. The maximum absolute atomic E-state index is 11.7. The van der Waals surface area contributed by atoms with Gasteiger partial charge in [0, 0.05) is 18.6 Å². The molecule has 2 atom stereocenters. The lowest BCUT2D eigenvalue weighted by Crippen LogP contribution is -2.30. The molecule has 0 aliphatic carbocycles. The van der Waals surface area contributed by atoms with Crippen LogP contribution in [0.15, 0.2) is 53.0 Å². The molecular formula is C19H17NO5. The third-order valence-electron chi connectivity index (χ3n) is 3.55. The highest BCUT2D eigenvalue weighted by Gasteiger charge is 2.36. The van der Waals surface area contributed by atoms with Gasteiger partial charge in [0.2, 0.25) is 5.89 Å². The van der Waals surface area contributed by atoms with Crippen LogP contribution < -0.4 is 0 Å². The molecule has 6 nitrogen and oxygen atoms in total. The summed E-state index contributed by atoms with van der Waals surface area (Å²) < 4.78 is 16.5. The molecule has 1 aromatic heterocycles. The normalized spacial score (nSPS) is 19.8. The first-order valence-corrected chi connectivity index (χ1v) is 7.83. The molecule has 2 aromatic rings. The van der Waals surface area contributed by atoms with Gasteiger partial charge >= 0.3 is 11.9 Å². The molecule has 0 bridgehead atoms. The van der Waals surface area contributed by atoms with Gasteiger partial charge in [-0.25, -0.2) is 9.78 Å². The third kappa shape index (κ3) is 3.68. The first-order chi connectivity index (χ1) is 12.1. The van der Waals surface area contributed by atoms with E-state index in [2.05, 4.69) is 4.98 Å². The Balaban J connectivity index is 2.09. The molecule has 0 N–H and O–H groups in total. The van der Waals surface area contributed by atoms with Crippen LogP contribution >= 0.6 is 0 Å². The van der Waals surface area contributed by atoms with Crippen LogP contribution in [0.4, 0.5) is 0 Å². The van der Waals surface area contributed by atoms with Crippen LogP contribution in [0.5, 0.6) is 0 Å². The van der Waals surface area contributed by atoms with Gasteiger partial charge in [0.25, 0.3) is 0 Å². The van der Waals surface area contributed by atoms with Crippen molar-refractivity contribution in [1.29, 1.82) is 0 Å². The Labute approximate surface area is 144 Å². The van der Waals surface area contributed by atoms with Gasteiger partial charge in [0.05, 0.1) is 0 Å². The molecule has 2 heterocycles. The van der Waals surface area contributed by atoms with Crippen LogP contribution in [-0.4, -0.2) is 23.0 Å². The number of hydrogen-bond acceptors (Lipinski definition) is 6. The van der Waals surface area contributed by atoms with Gasteiger partial charge in [-0.15, -0.1) is 0 Å². The minimum atomic E-state index is -0.876. The van der Waals surface area contributed by atoms with Crippen LogP contribution in [0.3, 0.4) is 0 Å². The Bertz CT molecular complexity index is 835. The van der Waals surface area contributed by atoms with Gasteiger partial charge in [-0.1, -0.05) is 36.4 Å². The van der Waals surface area contributed by atoms with Crippen molar-refractivity contribution in [3.63, 3.8) is 0 Å². The summed E-state index contributed by atoms with van der Waals surface area (Å²) in [6.07, 6.45) is 4.59. The van der Waals surface area contributed by atoms with E-state index in [0.29, 0.717) is 17.3 Å². The second-order valence-electron chi connectivity index (χ2n) is 5.42. The Morgan fingerprint density at radius 1 is 1.28 bits per heavy atom. The largest absolute Gasteiger partial charge is 0.454 e. The van der Waals surface area contributed by atoms with E-state index >= 15 is 0 Å². The molecule has 0 amide bonds. The van der Waals surface area contributed by atoms with E-state index in [4.69, 9.17) is 13.9 Å². The van der Waals surface area contributed by atoms with E-state index in [9.17, 15) is 9.59 Å². The summed E-state index contributed by atoms with van der Waals surface area (Å²) in [5.74, 6) is -0.151. The molecule has 1 aliphatic heterocycles. The van der Waals surface area contributed by atoms with Crippen molar-refractivity contribution in [3.05, 3.63) is 60.1 Å². The number of nitrogens with zero attached hydrogens (tertiary/aromatic N) is 1. The third-order valence-corrected chi connectivity index (χ3v) is 3.55. The number of benzene rings is 1. The van der Waals surface area contributed by atoms with Crippen molar-refractivity contribution in [2.24, 2.45) is 0 Å². The van der Waals surface area contributed by atoms with E-state index < -0.39 is 24.1 Å². The van der Waals surface area contributed by atoms with Gasteiger partial charge in [-0.2, -0.15) is 0 Å². The molecule has 1 aliphatic rings. The lowest BCUT2D eigenvalue weighted by atomic mass is 10.0. The zero-order valence-electron chi connectivity index (χ0n) is 13.8. The minimum Gasteiger partial charge on any atom is -0.454 e. The first-order valence-electron chi connectivity index (χ1n) is 7.83. The summed E-state index contributed by atoms with van der Waals surface area (Å²) in [7, 11) is 0. The smallest absolute Gasteiger partial charge is 0.331 e. The highest BCUT2D eigenvalue weighted by atomic mass is 16.6. The summed E-state index contributed by atoms with van der Waals surface area (Å²) in [5.41, 5.74) is 1.19. The molecule has 6 heteroatoms. The van der Waals surface area contributed by atoms with E-state index in [0.717, 1.165) is 5.56 Å². The molecule has 0 radical (unpaired) electrons. The fourth-order valence-electron chi connectivity index (χ4n) is 2.56. The summed E-state index contributed by atoms with van der Waals surface area (Å²) in [6.45, 7) is 3.14. The molecule has 128 valence electrons. The molecule has 3 rings (SSSR count). The molecule has 0 saturated carbocycles. The fraction of sp³-hybridized carbons (Fsp3) is 0.211. The molecule has 0 unspecified atom stereocenters. The van der Waals surface area contributed by atoms with Crippen LogP contribution in [0.25, 0.3) is 17.4 Å². The number of oxazole rings is 1. The van der Waals surface area contributed by atoms with Crippen molar-refractivity contribution >= 4 is 18.0 Å². The number of esters is 2. The molecule has 25 heavy (non-hydrogen) atoms. The van der Waals surface area contributed by atoms with Gasteiger partial charge in [-0.05, 0) is 19.1 Å².